The van der Waals surface area contributed by atoms with E-state index in [1.165, 1.54) is 0 Å². The fourth-order valence-corrected chi connectivity index (χ4v) is 2.40. The fourth-order valence-electron chi connectivity index (χ4n) is 2.40. The van der Waals surface area contributed by atoms with Gasteiger partial charge in [0.2, 0.25) is 0 Å². The summed E-state index contributed by atoms with van der Waals surface area (Å²) in [5.41, 5.74) is 0.145. The van der Waals surface area contributed by atoms with E-state index in [9.17, 15) is 0 Å². The molecular weight excluding hydrogens is 415 g/mol. The van der Waals surface area contributed by atoms with E-state index in [4.69, 9.17) is 9.73 Å². The van der Waals surface area contributed by atoms with Gasteiger partial charge in [0.05, 0.1) is 6.54 Å². The molecule has 138 valence electrons. The van der Waals surface area contributed by atoms with Crippen LogP contribution in [0, 0.1) is 5.41 Å². The van der Waals surface area contributed by atoms with Crippen LogP contribution in [0.25, 0.3) is 0 Å². The molecule has 0 saturated heterocycles. The van der Waals surface area contributed by atoms with Crippen LogP contribution in [-0.2, 0) is 0 Å². The van der Waals surface area contributed by atoms with Crippen LogP contribution in [0.1, 0.15) is 20.8 Å². The number of halogens is 1. The summed E-state index contributed by atoms with van der Waals surface area (Å²) in [4.78, 5) is 6.89. The van der Waals surface area contributed by atoms with Crippen molar-refractivity contribution in [3.63, 3.8) is 0 Å². The summed E-state index contributed by atoms with van der Waals surface area (Å²) in [5.74, 6) is 1.74. The smallest absolute Gasteiger partial charge is 0.191 e. The van der Waals surface area contributed by atoms with E-state index in [2.05, 4.69) is 50.4 Å². The number of nitrogens with one attached hydrogen (secondary N) is 2. The summed E-state index contributed by atoms with van der Waals surface area (Å²) < 4.78 is 5.68. The largest absolute Gasteiger partial charge is 0.492 e. The highest BCUT2D eigenvalue weighted by molar-refractivity contribution is 14.0. The second-order valence-electron chi connectivity index (χ2n) is 6.69. The van der Waals surface area contributed by atoms with E-state index in [0.29, 0.717) is 6.61 Å². The molecule has 0 saturated carbocycles. The molecule has 5 nitrogen and oxygen atoms in total. The number of ether oxygens (including phenoxy) is 1. The lowest BCUT2D eigenvalue weighted by Gasteiger charge is -2.26. The van der Waals surface area contributed by atoms with E-state index in [-0.39, 0.29) is 29.4 Å². The Morgan fingerprint density at radius 2 is 1.83 bits per heavy atom. The zero-order chi connectivity index (χ0) is 17.1. The van der Waals surface area contributed by atoms with E-state index >= 15 is 0 Å². The molecule has 0 amide bonds. The number of benzene rings is 1. The highest BCUT2D eigenvalue weighted by atomic mass is 127. The number of hydrogen-bond acceptors (Lipinski definition) is 3. The maximum atomic E-state index is 5.68. The van der Waals surface area contributed by atoms with Crippen LogP contribution in [0.3, 0.4) is 0 Å². The third-order valence-electron chi connectivity index (χ3n) is 3.16. The molecule has 0 heterocycles. The Morgan fingerprint density at radius 3 is 2.42 bits per heavy atom. The van der Waals surface area contributed by atoms with Crippen molar-refractivity contribution in [2.75, 3.05) is 46.9 Å². The summed E-state index contributed by atoms with van der Waals surface area (Å²) in [6, 6.07) is 9.85. The number of guanidine groups is 1. The van der Waals surface area contributed by atoms with Crippen molar-refractivity contribution in [1.29, 1.82) is 0 Å². The third-order valence-corrected chi connectivity index (χ3v) is 3.16. The Balaban J connectivity index is 0.00000529. The second-order valence-corrected chi connectivity index (χ2v) is 6.69. The molecule has 0 spiro atoms. The Morgan fingerprint density at radius 1 is 1.17 bits per heavy atom. The van der Waals surface area contributed by atoms with Gasteiger partial charge in [-0.1, -0.05) is 32.0 Å². The summed E-state index contributed by atoms with van der Waals surface area (Å²) in [6.45, 7) is 10.5. The van der Waals surface area contributed by atoms with Crippen LogP contribution in [0.15, 0.2) is 35.3 Å². The van der Waals surface area contributed by atoms with Gasteiger partial charge in [-0.3, -0.25) is 4.99 Å². The van der Waals surface area contributed by atoms with E-state index in [0.717, 1.165) is 37.9 Å². The number of para-hydroxylation sites is 1. The van der Waals surface area contributed by atoms with Gasteiger partial charge in [-0.25, -0.2) is 0 Å². The van der Waals surface area contributed by atoms with Gasteiger partial charge in [0.15, 0.2) is 5.96 Å². The summed E-state index contributed by atoms with van der Waals surface area (Å²) in [5, 5.41) is 6.59. The van der Waals surface area contributed by atoms with E-state index < -0.39 is 0 Å². The summed E-state index contributed by atoms with van der Waals surface area (Å²) >= 11 is 0. The monoisotopic (exact) mass is 448 g/mol. The van der Waals surface area contributed by atoms with Gasteiger partial charge in [-0.2, -0.15) is 0 Å². The predicted molar refractivity (Wildman–Crippen MR) is 114 cm³/mol. The lowest BCUT2D eigenvalue weighted by molar-refractivity contribution is 0.248. The number of nitrogens with zero attached hydrogens (tertiary/aromatic N) is 2. The maximum absolute atomic E-state index is 5.68. The first kappa shape index (κ1) is 23.0. The van der Waals surface area contributed by atoms with Crippen molar-refractivity contribution in [3.8, 4) is 5.75 Å². The van der Waals surface area contributed by atoms with Crippen molar-refractivity contribution < 1.29 is 4.74 Å². The Hall–Kier alpha value is -1.02. The Bertz CT molecular complexity index is 463. The van der Waals surface area contributed by atoms with Crippen LogP contribution < -0.4 is 15.4 Å². The van der Waals surface area contributed by atoms with Gasteiger partial charge in [0, 0.05) is 19.6 Å². The molecule has 0 atom stereocenters. The minimum atomic E-state index is 0. The third kappa shape index (κ3) is 10.7. The SMILES string of the molecule is CCNC(=NCC(C)(C)CN(C)C)NCCOc1ccccc1.I. The standard InChI is InChI=1S/C18H32N4O.HI/c1-6-19-17(21-14-18(2,3)15-22(4)5)20-12-13-23-16-10-8-7-9-11-16;/h7-11H,6,12-15H2,1-5H3,(H2,19,20,21);1H. The molecule has 6 heteroatoms. The molecular formula is C18H33IN4O. The van der Waals surface area contributed by atoms with E-state index in [1.807, 2.05) is 30.3 Å². The van der Waals surface area contributed by atoms with Gasteiger partial charge in [0.25, 0.3) is 0 Å². The highest BCUT2D eigenvalue weighted by Crippen LogP contribution is 2.15. The van der Waals surface area contributed by atoms with Gasteiger partial charge in [-0.15, -0.1) is 24.0 Å². The Labute approximate surface area is 164 Å². The van der Waals surface area contributed by atoms with Crippen LogP contribution in [-0.4, -0.2) is 57.7 Å². The molecule has 0 aliphatic heterocycles. The Kier molecular flexibility index (Phi) is 11.8. The second kappa shape index (κ2) is 12.4. The molecule has 1 rings (SSSR count). The lowest BCUT2D eigenvalue weighted by atomic mass is 9.93. The van der Waals surface area contributed by atoms with Crippen molar-refractivity contribution in [2.45, 2.75) is 20.8 Å². The summed E-state index contributed by atoms with van der Waals surface area (Å²) in [6.07, 6.45) is 0. The first-order valence-electron chi connectivity index (χ1n) is 8.28. The van der Waals surface area contributed by atoms with E-state index in [1.54, 1.807) is 0 Å². The van der Waals surface area contributed by atoms with Crippen molar-refractivity contribution in [1.82, 2.24) is 15.5 Å². The van der Waals surface area contributed by atoms with Crippen LogP contribution >= 0.6 is 24.0 Å². The topological polar surface area (TPSA) is 48.9 Å². The van der Waals surface area contributed by atoms with Gasteiger partial charge < -0.3 is 20.3 Å². The molecule has 0 aliphatic carbocycles. The van der Waals surface area contributed by atoms with Crippen molar-refractivity contribution >= 4 is 29.9 Å². The quantitative estimate of drug-likeness (QED) is 0.264. The minimum Gasteiger partial charge on any atom is -0.492 e. The lowest BCUT2D eigenvalue weighted by Crippen LogP contribution is -2.40. The molecule has 1 aromatic rings. The van der Waals surface area contributed by atoms with Gasteiger partial charge in [-0.05, 0) is 38.6 Å². The molecule has 0 radical (unpaired) electrons. The van der Waals surface area contributed by atoms with Crippen LogP contribution in [0.2, 0.25) is 0 Å². The number of rotatable bonds is 9. The minimum absolute atomic E-state index is 0. The molecule has 0 aliphatic rings. The van der Waals surface area contributed by atoms with Gasteiger partial charge >= 0.3 is 0 Å². The molecule has 0 unspecified atom stereocenters. The zero-order valence-corrected chi connectivity index (χ0v) is 18.0. The number of aliphatic imine (C=N–C) groups is 1. The average Bonchev–Trinajstić information content (AvgIpc) is 2.49. The average molecular weight is 448 g/mol. The maximum Gasteiger partial charge on any atom is 0.191 e. The molecule has 0 aromatic heterocycles. The van der Waals surface area contributed by atoms with Gasteiger partial charge in [0.1, 0.15) is 12.4 Å². The predicted octanol–water partition coefficient (Wildman–Crippen LogP) is 2.83. The molecule has 0 bridgehead atoms. The molecule has 2 N–H and O–H groups in total. The molecule has 24 heavy (non-hydrogen) atoms. The molecule has 1 aromatic carbocycles. The number of hydrogen-bond donors (Lipinski definition) is 2. The molecule has 0 fully saturated rings. The van der Waals surface area contributed by atoms with Crippen molar-refractivity contribution in [2.24, 2.45) is 10.4 Å². The van der Waals surface area contributed by atoms with Crippen LogP contribution in [0.4, 0.5) is 0 Å². The fraction of sp³-hybridized carbons (Fsp3) is 0.611. The normalized spacial score (nSPS) is 11.8. The first-order chi connectivity index (χ1) is 10.9. The zero-order valence-electron chi connectivity index (χ0n) is 15.6. The highest BCUT2D eigenvalue weighted by Gasteiger charge is 2.18. The van der Waals surface area contributed by atoms with Crippen molar-refractivity contribution in [3.05, 3.63) is 30.3 Å². The van der Waals surface area contributed by atoms with Crippen LogP contribution in [0.5, 0.6) is 5.75 Å². The summed E-state index contributed by atoms with van der Waals surface area (Å²) in [7, 11) is 4.19. The first-order valence-corrected chi connectivity index (χ1v) is 8.28.